The quantitative estimate of drug-likeness (QED) is 0.187. The minimum atomic E-state index is -2.67. The second kappa shape index (κ2) is 70.1. The Morgan fingerprint density at radius 2 is 1.07 bits per heavy atom. The molecule has 0 saturated carbocycles. The molecule has 0 spiro atoms. The maximum absolute atomic E-state index is 9.63. The Morgan fingerprint density at radius 3 is 1.13 bits per heavy atom. The lowest BCUT2D eigenvalue weighted by Gasteiger charge is -1.85. The Bertz CT molecular complexity index is 279. The van der Waals surface area contributed by atoms with E-state index in [4.69, 9.17) is 26.9 Å². The van der Waals surface area contributed by atoms with Gasteiger partial charge in [0.2, 0.25) is 0 Å². The summed E-state index contributed by atoms with van der Waals surface area (Å²) in [4.78, 5) is 0. The maximum Gasteiger partial charge on any atom is 0.144 e. The van der Waals surface area contributed by atoms with Crippen LogP contribution in [0, 0.1) is 12.8 Å². The standard InChI is InChI=1S/C5H11Cl.C5H12O.C3H7Br.C2H6O2S.C2H6O2.C2H2.CH4.B2/c2*1-2-3-4-5-6;1-2-3-4;1-5(2,3)4;3-1-2-4;1-2;;1-2/h2-5H2,1H3;6H,2-5H2,1H3;2-3H2,1H3;1-2H3;3-4H,1-2H2;1-2H;1H4;. The van der Waals surface area contributed by atoms with Crippen molar-refractivity contribution in [2.45, 2.75) is 73.1 Å². The van der Waals surface area contributed by atoms with Crippen molar-refractivity contribution in [1.82, 2.24) is 0 Å². The van der Waals surface area contributed by atoms with E-state index in [1.54, 1.807) is 0 Å². The molecule has 0 aliphatic heterocycles. The Balaban J connectivity index is -0.0000000322. The van der Waals surface area contributed by atoms with E-state index in [0.29, 0.717) is 6.61 Å². The molecule has 3 N–H and O–H groups in total. The van der Waals surface area contributed by atoms with Gasteiger partial charge in [-0.25, -0.2) is 8.42 Å². The van der Waals surface area contributed by atoms with Gasteiger partial charge in [0.05, 0.1) is 13.2 Å². The van der Waals surface area contributed by atoms with Gasteiger partial charge in [-0.15, -0.1) is 24.4 Å². The van der Waals surface area contributed by atoms with Crippen molar-refractivity contribution in [3.8, 4) is 12.8 Å². The minimum Gasteiger partial charge on any atom is -0.396 e. The highest BCUT2D eigenvalue weighted by Gasteiger charge is 1.79. The number of alkyl halides is 2. The zero-order valence-electron chi connectivity index (χ0n) is 19.1. The van der Waals surface area contributed by atoms with Gasteiger partial charge < -0.3 is 15.3 Å². The number of unbranched alkanes of at least 4 members (excludes halogenated alkanes) is 4. The fourth-order valence-corrected chi connectivity index (χ4v) is 0.895. The summed E-state index contributed by atoms with van der Waals surface area (Å²) in [5, 5.41) is 24.6. The number of hydrogen-bond donors (Lipinski definition) is 3. The fraction of sp³-hybridized carbons (Fsp3) is 0.900. The fourth-order valence-electron chi connectivity index (χ4n) is 0.706. The minimum absolute atomic E-state index is 0. The zero-order valence-corrected chi connectivity index (χ0v) is 22.3. The molecule has 0 saturated heterocycles. The van der Waals surface area contributed by atoms with Crippen molar-refractivity contribution in [3.63, 3.8) is 0 Å². The van der Waals surface area contributed by atoms with Crippen LogP contribution in [0.1, 0.15) is 73.1 Å². The SMILES string of the molecule is C.C#C.CCCBr.CCCCCCl.CCCCCO.CS(C)(=O)=O.OCCO.[B][B]. The third kappa shape index (κ3) is 307. The van der Waals surface area contributed by atoms with E-state index in [-0.39, 0.29) is 20.6 Å². The molecule has 0 amide bonds. The van der Waals surface area contributed by atoms with Crippen molar-refractivity contribution in [1.29, 1.82) is 0 Å². The first kappa shape index (κ1) is 52.3. The first-order chi connectivity index (χ1) is 13.7. The molecule has 184 valence electrons. The Morgan fingerprint density at radius 1 is 0.800 bits per heavy atom. The van der Waals surface area contributed by atoms with Crippen LogP contribution in [0.5, 0.6) is 0 Å². The van der Waals surface area contributed by atoms with E-state index in [1.807, 2.05) is 0 Å². The van der Waals surface area contributed by atoms with Gasteiger partial charge in [-0.3, -0.25) is 0 Å². The number of terminal acetylenes is 1. The van der Waals surface area contributed by atoms with Gasteiger partial charge in [0.15, 0.2) is 0 Å². The molecule has 0 unspecified atom stereocenters. The molecule has 0 fully saturated rings. The highest BCUT2D eigenvalue weighted by molar-refractivity contribution is 9.09. The molecule has 4 radical (unpaired) electrons. The van der Waals surface area contributed by atoms with Crippen LogP contribution in [-0.4, -0.2) is 82.8 Å². The summed E-state index contributed by atoms with van der Waals surface area (Å²) in [7, 11) is 5.33. The topological polar surface area (TPSA) is 94.8 Å². The summed E-state index contributed by atoms with van der Waals surface area (Å²) in [5.74, 6) is 0.827. The van der Waals surface area contributed by atoms with Crippen molar-refractivity contribution in [3.05, 3.63) is 0 Å². The molecule has 0 aromatic rings. The summed E-state index contributed by atoms with van der Waals surface area (Å²) in [6.45, 7) is 6.53. The predicted octanol–water partition coefficient (Wildman–Crippen LogP) is 4.13. The molecule has 0 aliphatic carbocycles. The van der Waals surface area contributed by atoms with Crippen molar-refractivity contribution in [2.75, 3.05) is 43.5 Å². The smallest absolute Gasteiger partial charge is 0.144 e. The third-order valence-corrected chi connectivity index (χ3v) is 2.85. The van der Waals surface area contributed by atoms with E-state index in [1.165, 1.54) is 32.1 Å². The van der Waals surface area contributed by atoms with E-state index >= 15 is 0 Å². The third-order valence-electron chi connectivity index (χ3n) is 1.79. The molecule has 0 aliphatic rings. The van der Waals surface area contributed by atoms with Gasteiger partial charge >= 0.3 is 0 Å². The van der Waals surface area contributed by atoms with E-state index in [0.717, 1.165) is 36.6 Å². The van der Waals surface area contributed by atoms with Gasteiger partial charge in [0.1, 0.15) is 9.84 Å². The number of aliphatic hydroxyl groups excluding tert-OH is 3. The summed E-state index contributed by atoms with van der Waals surface area (Å²) in [6, 6.07) is 0. The normalized spacial score (nSPS) is 7.73. The first-order valence-electron chi connectivity index (χ1n) is 9.42. The lowest BCUT2D eigenvalue weighted by atomic mass is 9.81. The average Bonchev–Trinajstić information content (AvgIpc) is 2.73. The molecule has 0 aromatic heterocycles. The average molecular weight is 538 g/mol. The molecule has 0 heterocycles. The van der Waals surface area contributed by atoms with Gasteiger partial charge in [0, 0.05) is 45.8 Å². The monoisotopic (exact) mass is 536 g/mol. The van der Waals surface area contributed by atoms with Gasteiger partial charge in [0.25, 0.3) is 0 Å². The molecule has 0 atom stereocenters. The van der Waals surface area contributed by atoms with Crippen LogP contribution in [0.2, 0.25) is 0 Å². The lowest BCUT2D eigenvalue weighted by Crippen LogP contribution is -1.86. The molecule has 0 bridgehead atoms. The highest BCUT2D eigenvalue weighted by atomic mass is 79.9. The largest absolute Gasteiger partial charge is 0.396 e. The number of aliphatic hydroxyl groups is 3. The Hall–Kier alpha value is 0.290. The Kier molecular flexibility index (Phi) is 122. The summed E-state index contributed by atoms with van der Waals surface area (Å²) in [5.41, 5.74) is 0. The predicted molar refractivity (Wildman–Crippen MR) is 144 cm³/mol. The van der Waals surface area contributed by atoms with Crippen LogP contribution in [-0.2, 0) is 9.84 Å². The lowest BCUT2D eigenvalue weighted by molar-refractivity contribution is 0.186. The number of sulfone groups is 1. The van der Waals surface area contributed by atoms with Crippen molar-refractivity contribution >= 4 is 52.8 Å². The second-order valence-corrected chi connectivity index (χ2v) is 8.56. The maximum atomic E-state index is 9.63. The molecule has 0 aromatic carbocycles. The van der Waals surface area contributed by atoms with Gasteiger partial charge in [-0.1, -0.05) is 69.8 Å². The van der Waals surface area contributed by atoms with Gasteiger partial charge in [-0.05, 0) is 19.3 Å². The van der Waals surface area contributed by atoms with Crippen molar-refractivity contribution < 1.29 is 23.7 Å². The molecule has 10 heteroatoms. The van der Waals surface area contributed by atoms with E-state index in [2.05, 4.69) is 65.0 Å². The number of hydrogen-bond acceptors (Lipinski definition) is 5. The summed E-state index contributed by atoms with van der Waals surface area (Å²) in [6.07, 6.45) is 18.6. The molecule has 0 rings (SSSR count). The van der Waals surface area contributed by atoms with Crippen LogP contribution >= 0.6 is 27.5 Å². The van der Waals surface area contributed by atoms with Crippen LogP contribution < -0.4 is 0 Å². The van der Waals surface area contributed by atoms with Crippen LogP contribution in [0.4, 0.5) is 0 Å². The van der Waals surface area contributed by atoms with E-state index in [9.17, 15) is 8.42 Å². The van der Waals surface area contributed by atoms with Crippen LogP contribution in [0.3, 0.4) is 0 Å². The highest BCUT2D eigenvalue weighted by Crippen LogP contribution is 1.93. The second-order valence-electron chi connectivity index (χ2n) is 5.11. The number of halogens is 2. The molecule has 5 nitrogen and oxygen atoms in total. The summed E-state index contributed by atoms with van der Waals surface area (Å²) < 4.78 is 19.3. The first-order valence-corrected chi connectivity index (χ1v) is 13.4. The molecule has 30 heavy (non-hydrogen) atoms. The molecular weight excluding hydrogens is 489 g/mol. The molecular formula is C20H48B2BrClO5S. The van der Waals surface area contributed by atoms with Crippen LogP contribution in [0.15, 0.2) is 0 Å². The van der Waals surface area contributed by atoms with E-state index < -0.39 is 9.84 Å². The Labute approximate surface area is 205 Å². The number of rotatable bonds is 8. The van der Waals surface area contributed by atoms with Crippen molar-refractivity contribution in [2.24, 2.45) is 0 Å². The summed E-state index contributed by atoms with van der Waals surface area (Å²) >= 11 is 8.63. The van der Waals surface area contributed by atoms with Crippen LogP contribution in [0.25, 0.3) is 0 Å². The van der Waals surface area contributed by atoms with Gasteiger partial charge in [-0.2, -0.15) is 0 Å². The zero-order chi connectivity index (χ0) is 25.0.